The maximum absolute atomic E-state index is 6.58. The molecular weight excluding hydrogens is 613 g/mol. The van der Waals surface area contributed by atoms with Crippen molar-refractivity contribution >= 4 is 43.7 Å². The van der Waals surface area contributed by atoms with E-state index in [-0.39, 0.29) is 0 Å². The van der Waals surface area contributed by atoms with Gasteiger partial charge < -0.3 is 8.98 Å². The van der Waals surface area contributed by atoms with Crippen molar-refractivity contribution in [2.24, 2.45) is 0 Å². The molecule has 5 nitrogen and oxygen atoms in total. The van der Waals surface area contributed by atoms with Crippen LogP contribution < -0.4 is 0 Å². The molecule has 0 saturated heterocycles. The Morgan fingerprint density at radius 3 is 1.76 bits per heavy atom. The number of rotatable bonds is 4. The van der Waals surface area contributed by atoms with Crippen LogP contribution in [0.2, 0.25) is 0 Å². The van der Waals surface area contributed by atoms with E-state index >= 15 is 0 Å². The van der Waals surface area contributed by atoms with E-state index < -0.39 is 0 Å². The maximum atomic E-state index is 6.58. The molecule has 1 aliphatic carbocycles. The lowest BCUT2D eigenvalue weighted by molar-refractivity contribution is 0.673. The summed E-state index contributed by atoms with van der Waals surface area (Å²) in [5.41, 5.74) is 12.8. The molecule has 5 heteroatoms. The Morgan fingerprint density at radius 2 is 1.00 bits per heavy atom. The first-order valence-corrected chi connectivity index (χ1v) is 16.8. The van der Waals surface area contributed by atoms with Gasteiger partial charge in [-0.25, -0.2) is 15.0 Å². The Kier molecular flexibility index (Phi) is 5.60. The normalized spacial score (nSPS) is 12.0. The molecule has 7 aromatic carbocycles. The lowest BCUT2D eigenvalue weighted by Gasteiger charge is -2.29. The minimum absolute atomic E-state index is 0.650. The summed E-state index contributed by atoms with van der Waals surface area (Å²) in [4.78, 5) is 15.2. The van der Waals surface area contributed by atoms with Crippen molar-refractivity contribution in [3.63, 3.8) is 0 Å². The van der Waals surface area contributed by atoms with Crippen LogP contribution in [0.5, 0.6) is 0 Å². The largest absolute Gasteiger partial charge is 0.455 e. The van der Waals surface area contributed by atoms with Crippen LogP contribution in [-0.4, -0.2) is 19.5 Å². The first-order valence-electron chi connectivity index (χ1n) is 16.8. The number of hydrogen-bond acceptors (Lipinski definition) is 4. The zero-order valence-corrected chi connectivity index (χ0v) is 26.7. The third-order valence-electron chi connectivity index (χ3n) is 10.0. The molecule has 3 heterocycles. The molecule has 0 spiro atoms. The minimum atomic E-state index is 0.650. The Labute approximate surface area is 286 Å². The molecule has 3 aromatic heterocycles. The minimum Gasteiger partial charge on any atom is -0.455 e. The number of benzene rings is 7. The van der Waals surface area contributed by atoms with Crippen molar-refractivity contribution in [3.8, 4) is 62.1 Å². The van der Waals surface area contributed by atoms with Gasteiger partial charge in [-0.3, -0.25) is 0 Å². The smallest absolute Gasteiger partial charge is 0.164 e. The molecule has 0 radical (unpaired) electrons. The molecule has 0 saturated carbocycles. The molecule has 232 valence electrons. The van der Waals surface area contributed by atoms with Gasteiger partial charge in [0.05, 0.1) is 22.1 Å². The first kappa shape index (κ1) is 27.1. The number of furan rings is 1. The fourth-order valence-electron chi connectivity index (χ4n) is 7.81. The van der Waals surface area contributed by atoms with E-state index in [4.69, 9.17) is 19.4 Å². The zero-order chi connectivity index (χ0) is 32.8. The quantitative estimate of drug-likeness (QED) is 0.192. The number of nitrogens with zero attached hydrogens (tertiary/aromatic N) is 4. The second-order valence-corrected chi connectivity index (χ2v) is 12.8. The van der Waals surface area contributed by atoms with Crippen molar-refractivity contribution in [1.82, 2.24) is 19.5 Å². The van der Waals surface area contributed by atoms with Crippen molar-refractivity contribution in [1.29, 1.82) is 0 Å². The lowest BCUT2D eigenvalue weighted by Crippen LogP contribution is -2.08. The van der Waals surface area contributed by atoms with Gasteiger partial charge >= 0.3 is 0 Å². The van der Waals surface area contributed by atoms with Crippen LogP contribution in [0.25, 0.3) is 106 Å². The summed E-state index contributed by atoms with van der Waals surface area (Å²) >= 11 is 0. The monoisotopic (exact) mass is 638 g/mol. The predicted octanol–water partition coefficient (Wildman–Crippen LogP) is 11.5. The molecule has 10 aromatic rings. The van der Waals surface area contributed by atoms with Crippen LogP contribution in [0, 0.1) is 0 Å². The fourth-order valence-corrected chi connectivity index (χ4v) is 7.81. The van der Waals surface area contributed by atoms with Gasteiger partial charge in [-0.2, -0.15) is 0 Å². The van der Waals surface area contributed by atoms with Crippen LogP contribution in [0.4, 0.5) is 0 Å². The Morgan fingerprint density at radius 1 is 0.400 bits per heavy atom. The second kappa shape index (κ2) is 10.3. The van der Waals surface area contributed by atoms with E-state index in [0.29, 0.717) is 17.5 Å². The van der Waals surface area contributed by atoms with E-state index in [1.165, 1.54) is 16.7 Å². The summed E-state index contributed by atoms with van der Waals surface area (Å²) in [5.74, 6) is 1.95. The number of hydrogen-bond donors (Lipinski definition) is 0. The summed E-state index contributed by atoms with van der Waals surface area (Å²) < 4.78 is 8.98. The van der Waals surface area contributed by atoms with Gasteiger partial charge in [-0.1, -0.05) is 127 Å². The highest BCUT2D eigenvalue weighted by molar-refractivity contribution is 6.24. The number of para-hydroxylation sites is 2. The SMILES string of the molecule is c1ccc(-c2nc(-c3ccccc3)nc(-c3cccc4c3-c3c-4cccc3-n3c4ccccc4c4c5oc6ccccc6c5ccc43)n2)cc1. The highest BCUT2D eigenvalue weighted by atomic mass is 16.3. The number of aromatic nitrogens is 4. The van der Waals surface area contributed by atoms with Crippen LogP contribution in [0.3, 0.4) is 0 Å². The van der Waals surface area contributed by atoms with Gasteiger partial charge in [-0.05, 0) is 41.5 Å². The van der Waals surface area contributed by atoms with Gasteiger partial charge in [0.25, 0.3) is 0 Å². The molecule has 50 heavy (non-hydrogen) atoms. The number of fused-ring (bicyclic) bond motifs is 11. The summed E-state index contributed by atoms with van der Waals surface area (Å²) in [7, 11) is 0. The van der Waals surface area contributed by atoms with Crippen LogP contribution >= 0.6 is 0 Å². The molecule has 0 aliphatic heterocycles. The van der Waals surface area contributed by atoms with Crippen molar-refractivity contribution < 1.29 is 4.42 Å². The van der Waals surface area contributed by atoms with Gasteiger partial charge in [0.15, 0.2) is 17.5 Å². The van der Waals surface area contributed by atoms with E-state index in [1.807, 2.05) is 72.8 Å². The van der Waals surface area contributed by atoms with E-state index in [2.05, 4.69) is 89.5 Å². The van der Waals surface area contributed by atoms with Crippen molar-refractivity contribution in [3.05, 3.63) is 158 Å². The molecule has 0 atom stereocenters. The van der Waals surface area contributed by atoms with Crippen LogP contribution in [-0.2, 0) is 0 Å². The third-order valence-corrected chi connectivity index (χ3v) is 10.0. The summed E-state index contributed by atoms with van der Waals surface area (Å²) in [5, 5.41) is 4.54. The molecular formula is C45H26N4O. The molecule has 1 aliphatic rings. The highest BCUT2D eigenvalue weighted by Gasteiger charge is 2.31. The zero-order valence-electron chi connectivity index (χ0n) is 26.7. The molecule has 0 N–H and O–H groups in total. The van der Waals surface area contributed by atoms with Gasteiger partial charge in [0.1, 0.15) is 11.2 Å². The van der Waals surface area contributed by atoms with Crippen molar-refractivity contribution in [2.45, 2.75) is 0 Å². The second-order valence-electron chi connectivity index (χ2n) is 12.8. The molecule has 0 unspecified atom stereocenters. The average molecular weight is 639 g/mol. The summed E-state index contributed by atoms with van der Waals surface area (Å²) in [6, 6.07) is 54.7. The third kappa shape index (κ3) is 3.80. The lowest BCUT2D eigenvalue weighted by atomic mass is 9.76. The summed E-state index contributed by atoms with van der Waals surface area (Å²) in [6.45, 7) is 0. The Bertz CT molecular complexity index is 2920. The Balaban J connectivity index is 1.17. The van der Waals surface area contributed by atoms with Gasteiger partial charge in [-0.15, -0.1) is 0 Å². The highest BCUT2D eigenvalue weighted by Crippen LogP contribution is 2.55. The van der Waals surface area contributed by atoms with E-state index in [9.17, 15) is 0 Å². The van der Waals surface area contributed by atoms with Crippen LogP contribution in [0.15, 0.2) is 162 Å². The summed E-state index contributed by atoms with van der Waals surface area (Å²) in [6.07, 6.45) is 0. The molecule has 0 amide bonds. The predicted molar refractivity (Wildman–Crippen MR) is 202 cm³/mol. The van der Waals surface area contributed by atoms with Gasteiger partial charge in [0.2, 0.25) is 0 Å². The average Bonchev–Trinajstić information content (AvgIpc) is 3.73. The first-order chi connectivity index (χ1) is 24.8. The maximum Gasteiger partial charge on any atom is 0.164 e. The molecule has 0 fully saturated rings. The fraction of sp³-hybridized carbons (Fsp3) is 0. The van der Waals surface area contributed by atoms with Crippen molar-refractivity contribution in [2.75, 3.05) is 0 Å². The van der Waals surface area contributed by atoms with Crippen LogP contribution in [0.1, 0.15) is 0 Å². The molecule has 0 bridgehead atoms. The topological polar surface area (TPSA) is 56.7 Å². The molecule has 11 rings (SSSR count). The Hall–Kier alpha value is -6.85. The van der Waals surface area contributed by atoms with Gasteiger partial charge in [0, 0.05) is 44.0 Å². The van der Waals surface area contributed by atoms with E-state index in [1.54, 1.807) is 0 Å². The standard InChI is InChI=1S/C45H26N4O/c1-3-13-27(14-4-1)43-46-44(28-15-5-2-6-16-28)48-45(47-43)34-21-11-19-30-31-20-12-23-36(40(31)39(30)34)49-35-22-9-7-18-33(35)41-37(49)26-25-32-29-17-8-10-24-38(29)50-42(32)41/h1-26H. The van der Waals surface area contributed by atoms with E-state index in [0.717, 1.165) is 71.7 Å².